The normalized spacial score (nSPS) is 10.5. The first-order valence-electron chi connectivity index (χ1n) is 7.79. The number of rotatable bonds is 8. The Morgan fingerprint density at radius 3 is 2.48 bits per heavy atom. The van der Waals surface area contributed by atoms with Crippen LogP contribution >= 0.6 is 0 Å². The van der Waals surface area contributed by atoms with Crippen LogP contribution in [0.4, 0.5) is 0 Å². The highest BCUT2D eigenvalue weighted by molar-refractivity contribution is 5.32. The van der Waals surface area contributed by atoms with Crippen LogP contribution in [0.15, 0.2) is 48.5 Å². The Hall–Kier alpha value is -2.35. The predicted molar refractivity (Wildman–Crippen MR) is 90.0 cm³/mol. The number of aliphatic hydroxyl groups excluding tert-OH is 1. The summed E-state index contributed by atoms with van der Waals surface area (Å²) in [5.74, 6) is 0.868. The van der Waals surface area contributed by atoms with Gasteiger partial charge in [0, 0.05) is 19.6 Å². The molecule has 0 atom stereocenters. The van der Waals surface area contributed by atoms with Crippen LogP contribution in [0.5, 0.6) is 5.75 Å². The Morgan fingerprint density at radius 2 is 1.83 bits per heavy atom. The molecule has 0 heterocycles. The average molecular weight is 310 g/mol. The summed E-state index contributed by atoms with van der Waals surface area (Å²) < 4.78 is 5.53. The van der Waals surface area contributed by atoms with Gasteiger partial charge in [-0.15, -0.1) is 0 Å². The van der Waals surface area contributed by atoms with Crippen LogP contribution in [-0.4, -0.2) is 29.8 Å². The minimum absolute atomic E-state index is 0.113. The number of hydrogen-bond donors (Lipinski definition) is 1. The number of benzene rings is 2. The molecular weight excluding hydrogens is 288 g/mol. The molecule has 2 rings (SSSR count). The molecule has 0 aliphatic carbocycles. The number of nitrogens with zero attached hydrogens (tertiary/aromatic N) is 2. The van der Waals surface area contributed by atoms with Gasteiger partial charge < -0.3 is 9.84 Å². The first-order valence-corrected chi connectivity index (χ1v) is 7.79. The summed E-state index contributed by atoms with van der Waals surface area (Å²) in [5, 5.41) is 18.2. The molecule has 0 radical (unpaired) electrons. The minimum Gasteiger partial charge on any atom is -0.494 e. The zero-order valence-electron chi connectivity index (χ0n) is 13.4. The second-order valence-electron chi connectivity index (χ2n) is 5.32. The van der Waals surface area contributed by atoms with Crippen molar-refractivity contribution in [2.45, 2.75) is 20.0 Å². The van der Waals surface area contributed by atoms with Crippen molar-refractivity contribution in [1.82, 2.24) is 4.90 Å². The summed E-state index contributed by atoms with van der Waals surface area (Å²) in [6, 6.07) is 17.7. The Labute approximate surface area is 137 Å². The smallest absolute Gasteiger partial charge is 0.119 e. The van der Waals surface area contributed by atoms with E-state index in [4.69, 9.17) is 10.00 Å². The summed E-state index contributed by atoms with van der Waals surface area (Å²) in [5.41, 5.74) is 2.93. The lowest BCUT2D eigenvalue weighted by atomic mass is 10.1. The third kappa shape index (κ3) is 5.41. The molecule has 4 heteroatoms. The van der Waals surface area contributed by atoms with E-state index < -0.39 is 0 Å². The van der Waals surface area contributed by atoms with Crippen LogP contribution < -0.4 is 4.74 Å². The lowest BCUT2D eigenvalue weighted by molar-refractivity contribution is 0.184. The van der Waals surface area contributed by atoms with Crippen LogP contribution in [0, 0.1) is 11.3 Å². The van der Waals surface area contributed by atoms with Gasteiger partial charge in [-0.05, 0) is 42.3 Å². The van der Waals surface area contributed by atoms with Gasteiger partial charge in [-0.2, -0.15) is 5.26 Å². The highest BCUT2D eigenvalue weighted by atomic mass is 16.5. The van der Waals surface area contributed by atoms with Gasteiger partial charge in [-0.25, -0.2) is 0 Å². The minimum atomic E-state index is 0.113. The molecule has 120 valence electrons. The summed E-state index contributed by atoms with van der Waals surface area (Å²) in [7, 11) is 0. The molecular formula is C19H22N2O2. The predicted octanol–water partition coefficient (Wildman–Crippen LogP) is 2.95. The van der Waals surface area contributed by atoms with E-state index in [1.807, 2.05) is 49.4 Å². The van der Waals surface area contributed by atoms with Crippen LogP contribution in [0.25, 0.3) is 0 Å². The van der Waals surface area contributed by atoms with Gasteiger partial charge in [0.05, 0.1) is 24.8 Å². The molecule has 0 unspecified atom stereocenters. The molecule has 2 aromatic rings. The molecule has 0 aliphatic heterocycles. The lowest BCUT2D eigenvalue weighted by Gasteiger charge is -2.22. The maximum absolute atomic E-state index is 9.30. The molecule has 0 aromatic heterocycles. The van der Waals surface area contributed by atoms with Crippen LogP contribution in [0.2, 0.25) is 0 Å². The van der Waals surface area contributed by atoms with Gasteiger partial charge >= 0.3 is 0 Å². The zero-order valence-corrected chi connectivity index (χ0v) is 13.4. The standard InChI is InChI=1S/C19H22N2O2/c1-2-23-19-5-3-4-18(12-19)15-21(10-11-22)14-17-8-6-16(13-20)7-9-17/h3-9,12,22H,2,10-11,14-15H2,1H3. The average Bonchev–Trinajstić information content (AvgIpc) is 2.56. The molecule has 4 nitrogen and oxygen atoms in total. The quantitative estimate of drug-likeness (QED) is 0.814. The summed E-state index contributed by atoms with van der Waals surface area (Å²) in [6.07, 6.45) is 0. The van der Waals surface area contributed by atoms with Crippen LogP contribution in [0.3, 0.4) is 0 Å². The molecule has 0 spiro atoms. The van der Waals surface area contributed by atoms with E-state index in [1.165, 1.54) is 0 Å². The van der Waals surface area contributed by atoms with Crippen molar-refractivity contribution in [3.8, 4) is 11.8 Å². The highest BCUT2D eigenvalue weighted by Crippen LogP contribution is 2.16. The van der Waals surface area contributed by atoms with Crippen molar-refractivity contribution in [1.29, 1.82) is 5.26 Å². The number of ether oxygens (including phenoxy) is 1. The van der Waals surface area contributed by atoms with E-state index in [2.05, 4.69) is 17.0 Å². The van der Waals surface area contributed by atoms with E-state index in [-0.39, 0.29) is 6.61 Å². The number of aliphatic hydroxyl groups is 1. The topological polar surface area (TPSA) is 56.5 Å². The van der Waals surface area contributed by atoms with Crippen molar-refractivity contribution in [3.05, 3.63) is 65.2 Å². The summed E-state index contributed by atoms with van der Waals surface area (Å²) >= 11 is 0. The van der Waals surface area contributed by atoms with E-state index in [1.54, 1.807) is 0 Å². The van der Waals surface area contributed by atoms with Gasteiger partial charge in [0.1, 0.15) is 5.75 Å². The van der Waals surface area contributed by atoms with Crippen molar-refractivity contribution in [2.75, 3.05) is 19.8 Å². The first kappa shape index (κ1) is 17.0. The van der Waals surface area contributed by atoms with Gasteiger partial charge in [0.25, 0.3) is 0 Å². The van der Waals surface area contributed by atoms with E-state index in [0.29, 0.717) is 18.7 Å². The monoisotopic (exact) mass is 310 g/mol. The zero-order chi connectivity index (χ0) is 16.5. The van der Waals surface area contributed by atoms with E-state index in [9.17, 15) is 5.11 Å². The highest BCUT2D eigenvalue weighted by Gasteiger charge is 2.08. The number of hydrogen-bond acceptors (Lipinski definition) is 4. The van der Waals surface area contributed by atoms with Crippen molar-refractivity contribution < 1.29 is 9.84 Å². The molecule has 0 saturated carbocycles. The van der Waals surface area contributed by atoms with Gasteiger partial charge in [-0.1, -0.05) is 24.3 Å². The summed E-state index contributed by atoms with van der Waals surface area (Å²) in [4.78, 5) is 2.17. The fourth-order valence-electron chi connectivity index (χ4n) is 2.46. The van der Waals surface area contributed by atoms with E-state index >= 15 is 0 Å². The largest absolute Gasteiger partial charge is 0.494 e. The van der Waals surface area contributed by atoms with Crippen molar-refractivity contribution in [2.24, 2.45) is 0 Å². The molecule has 0 bridgehead atoms. The molecule has 0 saturated heterocycles. The molecule has 23 heavy (non-hydrogen) atoms. The van der Waals surface area contributed by atoms with Crippen LogP contribution in [0.1, 0.15) is 23.6 Å². The Kier molecular flexibility index (Phi) is 6.61. The maximum Gasteiger partial charge on any atom is 0.119 e. The third-order valence-electron chi connectivity index (χ3n) is 3.52. The molecule has 0 fully saturated rings. The first-order chi connectivity index (χ1) is 11.2. The third-order valence-corrected chi connectivity index (χ3v) is 3.52. The summed E-state index contributed by atoms with van der Waals surface area (Å²) in [6.45, 7) is 4.79. The SMILES string of the molecule is CCOc1cccc(CN(CCO)Cc2ccc(C#N)cc2)c1. The van der Waals surface area contributed by atoms with Gasteiger partial charge in [0.2, 0.25) is 0 Å². The fourth-order valence-corrected chi connectivity index (χ4v) is 2.46. The van der Waals surface area contributed by atoms with Crippen molar-refractivity contribution >= 4 is 0 Å². The van der Waals surface area contributed by atoms with Gasteiger partial charge in [0.15, 0.2) is 0 Å². The fraction of sp³-hybridized carbons (Fsp3) is 0.316. The second kappa shape index (κ2) is 8.94. The van der Waals surface area contributed by atoms with Crippen molar-refractivity contribution in [3.63, 3.8) is 0 Å². The van der Waals surface area contributed by atoms with E-state index in [0.717, 1.165) is 30.0 Å². The Balaban J connectivity index is 2.05. The Morgan fingerprint density at radius 1 is 1.09 bits per heavy atom. The van der Waals surface area contributed by atoms with Crippen LogP contribution in [-0.2, 0) is 13.1 Å². The Bertz CT molecular complexity index is 647. The molecule has 1 N–H and O–H groups in total. The maximum atomic E-state index is 9.30. The molecule has 2 aromatic carbocycles. The van der Waals surface area contributed by atoms with Gasteiger partial charge in [-0.3, -0.25) is 4.90 Å². The number of nitriles is 1. The molecule has 0 aliphatic rings. The molecule has 0 amide bonds. The second-order valence-corrected chi connectivity index (χ2v) is 5.32. The lowest BCUT2D eigenvalue weighted by Crippen LogP contribution is -2.26.